The molecule has 1 fully saturated rings. The zero-order valence-electron chi connectivity index (χ0n) is 12.5. The molecule has 0 aliphatic carbocycles. The smallest absolute Gasteiger partial charge is 0.0930 e. The number of rotatable bonds is 6. The van der Waals surface area contributed by atoms with Crippen molar-refractivity contribution in [3.05, 3.63) is 16.1 Å². The Kier molecular flexibility index (Phi) is 5.79. The van der Waals surface area contributed by atoms with Gasteiger partial charge in [-0.25, -0.2) is 4.98 Å². The van der Waals surface area contributed by atoms with Crippen LogP contribution in [0.1, 0.15) is 36.6 Å². The van der Waals surface area contributed by atoms with Crippen LogP contribution < -0.4 is 5.32 Å². The zero-order chi connectivity index (χ0) is 13.7. The lowest BCUT2D eigenvalue weighted by molar-refractivity contribution is 0.182. The van der Waals surface area contributed by atoms with E-state index in [-0.39, 0.29) is 0 Å². The van der Waals surface area contributed by atoms with E-state index >= 15 is 0 Å². The molecule has 108 valence electrons. The molecule has 0 aromatic carbocycles. The molecule has 0 radical (unpaired) electrons. The first kappa shape index (κ1) is 14.9. The number of thiazole rings is 1. The van der Waals surface area contributed by atoms with Crippen LogP contribution in [0.3, 0.4) is 0 Å². The van der Waals surface area contributed by atoms with Gasteiger partial charge in [0.1, 0.15) is 0 Å². The number of hydrogen-bond donors (Lipinski definition) is 1. The first-order chi connectivity index (χ1) is 9.21. The van der Waals surface area contributed by atoms with Gasteiger partial charge in [-0.05, 0) is 52.2 Å². The molecular weight excluding hydrogens is 254 g/mol. The maximum Gasteiger partial charge on any atom is 0.0930 e. The lowest BCUT2D eigenvalue weighted by atomic mass is 9.95. The van der Waals surface area contributed by atoms with E-state index in [4.69, 9.17) is 0 Å². The number of aromatic nitrogens is 1. The Bertz CT molecular complexity index is 377. The molecule has 1 aromatic heterocycles. The van der Waals surface area contributed by atoms with Gasteiger partial charge in [-0.2, -0.15) is 0 Å². The maximum atomic E-state index is 4.62. The molecule has 3 nitrogen and oxygen atoms in total. The molecule has 1 saturated heterocycles. The zero-order valence-corrected chi connectivity index (χ0v) is 13.3. The summed E-state index contributed by atoms with van der Waals surface area (Å²) in [5, 5.41) is 4.62. The van der Waals surface area contributed by atoms with Crippen LogP contribution in [0, 0.1) is 5.92 Å². The quantitative estimate of drug-likeness (QED) is 0.868. The minimum atomic E-state index is 0.540. The Morgan fingerprint density at radius 3 is 3.16 bits per heavy atom. The normalized spacial score (nSPS) is 22.6. The van der Waals surface area contributed by atoms with Crippen LogP contribution in [-0.4, -0.2) is 42.6 Å². The van der Waals surface area contributed by atoms with E-state index < -0.39 is 0 Å². The summed E-state index contributed by atoms with van der Waals surface area (Å²) in [5.74, 6) is 0.814. The minimum absolute atomic E-state index is 0.540. The van der Waals surface area contributed by atoms with Crippen molar-refractivity contribution >= 4 is 11.3 Å². The molecule has 4 heteroatoms. The molecule has 2 unspecified atom stereocenters. The Labute approximate surface area is 121 Å². The lowest BCUT2D eigenvalue weighted by Gasteiger charge is -2.31. The molecular formula is C15H27N3S. The van der Waals surface area contributed by atoms with Gasteiger partial charge in [0, 0.05) is 30.1 Å². The van der Waals surface area contributed by atoms with Gasteiger partial charge in [-0.1, -0.05) is 6.92 Å². The van der Waals surface area contributed by atoms with Gasteiger partial charge in [-0.15, -0.1) is 11.3 Å². The third kappa shape index (κ3) is 4.55. The van der Waals surface area contributed by atoms with Gasteiger partial charge >= 0.3 is 0 Å². The van der Waals surface area contributed by atoms with Crippen molar-refractivity contribution in [2.45, 2.75) is 45.6 Å². The first-order valence-corrected chi connectivity index (χ1v) is 8.36. The number of likely N-dealkylation sites (N-methyl/N-ethyl adjacent to an activating group) is 1. The van der Waals surface area contributed by atoms with Crippen LogP contribution in [-0.2, 0) is 12.8 Å². The minimum Gasteiger partial charge on any atom is -0.317 e. The van der Waals surface area contributed by atoms with E-state index in [1.807, 2.05) is 18.4 Å². The van der Waals surface area contributed by atoms with E-state index in [0.29, 0.717) is 6.04 Å². The molecule has 1 aromatic rings. The predicted molar refractivity (Wildman–Crippen MR) is 82.9 cm³/mol. The van der Waals surface area contributed by atoms with Crippen molar-refractivity contribution in [1.29, 1.82) is 0 Å². The summed E-state index contributed by atoms with van der Waals surface area (Å²) in [6, 6.07) is 0.540. The van der Waals surface area contributed by atoms with E-state index in [2.05, 4.69) is 35.2 Å². The molecule has 2 heterocycles. The van der Waals surface area contributed by atoms with Crippen molar-refractivity contribution in [3.63, 3.8) is 0 Å². The molecule has 1 N–H and O–H groups in total. The summed E-state index contributed by atoms with van der Waals surface area (Å²) in [4.78, 5) is 8.61. The van der Waals surface area contributed by atoms with Crippen LogP contribution >= 0.6 is 11.3 Å². The Morgan fingerprint density at radius 2 is 2.42 bits per heavy atom. The molecule has 2 atom stereocenters. The second-order valence-electron chi connectivity index (χ2n) is 5.72. The summed E-state index contributed by atoms with van der Waals surface area (Å²) in [5.41, 5.74) is 0. The van der Waals surface area contributed by atoms with E-state index in [0.717, 1.165) is 12.3 Å². The fraction of sp³-hybridized carbons (Fsp3) is 0.800. The van der Waals surface area contributed by atoms with Crippen molar-refractivity contribution in [2.24, 2.45) is 5.92 Å². The number of likely N-dealkylation sites (tertiary alicyclic amines) is 1. The highest BCUT2D eigenvalue weighted by atomic mass is 32.1. The van der Waals surface area contributed by atoms with Crippen LogP contribution in [0.2, 0.25) is 0 Å². The first-order valence-electron chi connectivity index (χ1n) is 7.54. The lowest BCUT2D eigenvalue weighted by Crippen LogP contribution is -2.35. The third-order valence-corrected chi connectivity index (χ3v) is 5.16. The second kappa shape index (κ2) is 7.36. The highest BCUT2D eigenvalue weighted by Gasteiger charge is 2.20. The van der Waals surface area contributed by atoms with Gasteiger partial charge in [0.2, 0.25) is 0 Å². The Hall–Kier alpha value is -0.450. The predicted octanol–water partition coefficient (Wildman–Crippen LogP) is 2.57. The molecule has 1 aliphatic rings. The summed E-state index contributed by atoms with van der Waals surface area (Å²) >= 11 is 1.91. The summed E-state index contributed by atoms with van der Waals surface area (Å²) < 4.78 is 0. The SMILES string of the molecule is CCN1CCCC(Cc2ncc(CC(C)NC)s2)C1. The van der Waals surface area contributed by atoms with Crippen molar-refractivity contribution in [1.82, 2.24) is 15.2 Å². The van der Waals surface area contributed by atoms with Crippen LogP contribution in [0.5, 0.6) is 0 Å². The average molecular weight is 281 g/mol. The van der Waals surface area contributed by atoms with Gasteiger partial charge in [0.15, 0.2) is 0 Å². The van der Waals surface area contributed by atoms with Crippen LogP contribution in [0.4, 0.5) is 0 Å². The van der Waals surface area contributed by atoms with Gasteiger partial charge in [0.05, 0.1) is 5.01 Å². The maximum absolute atomic E-state index is 4.62. The number of nitrogens with one attached hydrogen (secondary N) is 1. The fourth-order valence-electron chi connectivity index (χ4n) is 2.79. The average Bonchev–Trinajstić information content (AvgIpc) is 2.86. The van der Waals surface area contributed by atoms with E-state index in [1.165, 1.54) is 48.8 Å². The third-order valence-electron chi connectivity index (χ3n) is 4.12. The summed E-state index contributed by atoms with van der Waals surface area (Å²) in [7, 11) is 2.02. The summed E-state index contributed by atoms with van der Waals surface area (Å²) in [6.07, 6.45) is 7.08. The van der Waals surface area contributed by atoms with Crippen LogP contribution in [0.25, 0.3) is 0 Å². The fourth-order valence-corrected chi connectivity index (χ4v) is 3.96. The molecule has 19 heavy (non-hydrogen) atoms. The largest absolute Gasteiger partial charge is 0.317 e. The molecule has 0 amide bonds. The van der Waals surface area contributed by atoms with Gasteiger partial charge in [-0.3, -0.25) is 0 Å². The van der Waals surface area contributed by atoms with Gasteiger partial charge < -0.3 is 10.2 Å². The number of nitrogens with zero attached hydrogens (tertiary/aromatic N) is 2. The standard InChI is InChI=1S/C15H27N3S/c1-4-18-7-5-6-13(11-18)9-15-17-10-14(19-15)8-12(2)16-3/h10,12-13,16H,4-9,11H2,1-3H3. The van der Waals surface area contributed by atoms with Gasteiger partial charge in [0.25, 0.3) is 0 Å². The van der Waals surface area contributed by atoms with Crippen LogP contribution in [0.15, 0.2) is 6.20 Å². The molecule has 2 rings (SSSR count). The molecule has 0 saturated carbocycles. The monoisotopic (exact) mass is 281 g/mol. The van der Waals surface area contributed by atoms with Crippen molar-refractivity contribution < 1.29 is 0 Å². The van der Waals surface area contributed by atoms with Crippen molar-refractivity contribution in [2.75, 3.05) is 26.7 Å². The molecule has 0 bridgehead atoms. The van der Waals surface area contributed by atoms with E-state index in [1.54, 1.807) is 0 Å². The van der Waals surface area contributed by atoms with E-state index in [9.17, 15) is 0 Å². The molecule has 0 spiro atoms. The highest BCUT2D eigenvalue weighted by molar-refractivity contribution is 7.11. The number of piperidine rings is 1. The molecule has 1 aliphatic heterocycles. The Balaban J connectivity index is 1.85. The highest BCUT2D eigenvalue weighted by Crippen LogP contribution is 2.23. The second-order valence-corrected chi connectivity index (χ2v) is 6.92. The summed E-state index contributed by atoms with van der Waals surface area (Å²) in [6.45, 7) is 8.23. The Morgan fingerprint density at radius 1 is 1.58 bits per heavy atom. The van der Waals surface area contributed by atoms with Crippen molar-refractivity contribution in [3.8, 4) is 0 Å². The topological polar surface area (TPSA) is 28.2 Å². The number of hydrogen-bond acceptors (Lipinski definition) is 4.